The summed E-state index contributed by atoms with van der Waals surface area (Å²) in [5.74, 6) is 1.12. The minimum absolute atomic E-state index is 0.0507. The molecule has 0 aromatic carbocycles. The third-order valence-electron chi connectivity index (χ3n) is 6.67. The summed E-state index contributed by atoms with van der Waals surface area (Å²) in [5, 5.41) is 0. The highest BCUT2D eigenvalue weighted by Crippen LogP contribution is 2.56. The average Bonchev–Trinajstić information content (AvgIpc) is 2.77. The lowest BCUT2D eigenvalue weighted by atomic mass is 9.55. The van der Waals surface area contributed by atoms with E-state index in [1.165, 1.54) is 24.8 Å². The highest BCUT2D eigenvalue weighted by molar-refractivity contribution is 5.75. The maximum absolute atomic E-state index is 12.4. The van der Waals surface area contributed by atoms with E-state index >= 15 is 0 Å². The molecule has 0 bridgehead atoms. The van der Waals surface area contributed by atoms with Crippen LogP contribution in [0.3, 0.4) is 0 Å². The molecule has 2 aliphatic carbocycles. The van der Waals surface area contributed by atoms with Crippen molar-refractivity contribution in [3.8, 4) is 0 Å². The van der Waals surface area contributed by atoms with Crippen LogP contribution in [-0.4, -0.2) is 36.6 Å². The van der Waals surface area contributed by atoms with Crippen molar-refractivity contribution in [2.75, 3.05) is 19.6 Å². The van der Waals surface area contributed by atoms with Crippen LogP contribution in [0.5, 0.6) is 0 Å². The number of rotatable bonds is 4. The summed E-state index contributed by atoms with van der Waals surface area (Å²) in [5.41, 5.74) is 1.73. The summed E-state index contributed by atoms with van der Waals surface area (Å²) >= 11 is 0. The fourth-order valence-corrected chi connectivity index (χ4v) is 5.22. The van der Waals surface area contributed by atoms with E-state index < -0.39 is 0 Å². The molecule has 124 valence electrons. The van der Waals surface area contributed by atoms with Crippen molar-refractivity contribution in [3.63, 3.8) is 0 Å². The first-order valence-electron chi connectivity index (χ1n) is 9.09. The monoisotopic (exact) mass is 305 g/mol. The highest BCUT2D eigenvalue weighted by Gasteiger charge is 2.55. The van der Waals surface area contributed by atoms with Gasteiger partial charge >= 0.3 is 5.97 Å². The Hall–Kier alpha value is -0.830. The van der Waals surface area contributed by atoms with Gasteiger partial charge in [-0.2, -0.15) is 0 Å². The zero-order valence-corrected chi connectivity index (χ0v) is 14.4. The van der Waals surface area contributed by atoms with Crippen molar-refractivity contribution in [3.05, 3.63) is 12.2 Å². The number of hydrogen-bond donors (Lipinski definition) is 0. The number of nitrogens with zero attached hydrogens (tertiary/aromatic N) is 1. The average molecular weight is 305 g/mol. The molecule has 0 N–H and O–H groups in total. The molecule has 1 aliphatic heterocycles. The first-order chi connectivity index (χ1) is 10.5. The van der Waals surface area contributed by atoms with E-state index in [1.54, 1.807) is 0 Å². The molecule has 3 heteroatoms. The molecule has 1 heterocycles. The molecule has 0 unspecified atom stereocenters. The summed E-state index contributed by atoms with van der Waals surface area (Å²) < 4.78 is 5.82. The Morgan fingerprint density at radius 1 is 1.36 bits per heavy atom. The van der Waals surface area contributed by atoms with E-state index in [0.717, 1.165) is 32.5 Å². The maximum atomic E-state index is 12.4. The predicted octanol–water partition coefficient (Wildman–Crippen LogP) is 3.64. The Labute approximate surface area is 135 Å². The molecule has 3 aliphatic rings. The Morgan fingerprint density at radius 2 is 2.09 bits per heavy atom. The standard InChI is InChI=1S/C19H31NO2/c1-5-20(6-2)12-15-14-10-16-13(3)8-7-9-19(16,4)11-17(14)22-18(15)21/h14-17H,3,5-12H2,1-2,4H3/t14-,15+,16-,17+,19+/m1/s1. The van der Waals surface area contributed by atoms with Gasteiger partial charge in [-0.15, -0.1) is 0 Å². The van der Waals surface area contributed by atoms with Crippen molar-refractivity contribution in [2.24, 2.45) is 23.2 Å². The lowest BCUT2D eigenvalue weighted by molar-refractivity contribution is -0.146. The molecule has 3 fully saturated rings. The molecule has 0 spiro atoms. The molecule has 3 nitrogen and oxygen atoms in total. The van der Waals surface area contributed by atoms with Gasteiger partial charge in [-0.1, -0.05) is 32.9 Å². The summed E-state index contributed by atoms with van der Waals surface area (Å²) in [6, 6.07) is 0. The molecule has 0 aromatic rings. The van der Waals surface area contributed by atoms with Gasteiger partial charge in [0.2, 0.25) is 0 Å². The van der Waals surface area contributed by atoms with Crippen LogP contribution in [0.25, 0.3) is 0 Å². The Bertz CT molecular complexity index is 456. The molecule has 0 amide bonds. The summed E-state index contributed by atoms with van der Waals surface area (Å²) in [6.45, 7) is 14.0. The first kappa shape index (κ1) is 16.0. The smallest absolute Gasteiger partial charge is 0.310 e. The lowest BCUT2D eigenvalue weighted by Crippen LogP contribution is -2.45. The maximum Gasteiger partial charge on any atom is 0.310 e. The molecule has 2 saturated carbocycles. The predicted molar refractivity (Wildman–Crippen MR) is 88.5 cm³/mol. The minimum atomic E-state index is 0.0507. The van der Waals surface area contributed by atoms with Crippen molar-refractivity contribution >= 4 is 5.97 Å². The number of carbonyl (C=O) groups is 1. The van der Waals surface area contributed by atoms with Crippen LogP contribution in [0.4, 0.5) is 0 Å². The van der Waals surface area contributed by atoms with E-state index in [1.807, 2.05) is 0 Å². The summed E-state index contributed by atoms with van der Waals surface area (Å²) in [4.78, 5) is 14.8. The first-order valence-corrected chi connectivity index (χ1v) is 9.09. The molecule has 0 aromatic heterocycles. The van der Waals surface area contributed by atoms with Crippen LogP contribution in [0.2, 0.25) is 0 Å². The fraction of sp³-hybridized carbons (Fsp3) is 0.842. The van der Waals surface area contributed by atoms with Gasteiger partial charge in [-0.05, 0) is 56.5 Å². The highest BCUT2D eigenvalue weighted by atomic mass is 16.6. The molecule has 3 rings (SSSR count). The third-order valence-corrected chi connectivity index (χ3v) is 6.67. The van der Waals surface area contributed by atoms with Crippen LogP contribution in [-0.2, 0) is 9.53 Å². The van der Waals surface area contributed by atoms with Gasteiger partial charge < -0.3 is 9.64 Å². The number of esters is 1. The number of carbonyl (C=O) groups excluding carboxylic acids is 1. The second kappa shape index (κ2) is 5.99. The largest absolute Gasteiger partial charge is 0.462 e. The number of allylic oxidation sites excluding steroid dienone is 1. The Morgan fingerprint density at radius 3 is 2.77 bits per heavy atom. The summed E-state index contributed by atoms with van der Waals surface area (Å²) in [6.07, 6.45) is 5.99. The van der Waals surface area contributed by atoms with E-state index in [0.29, 0.717) is 17.3 Å². The van der Waals surface area contributed by atoms with Gasteiger partial charge in [-0.25, -0.2) is 0 Å². The van der Waals surface area contributed by atoms with Crippen LogP contribution < -0.4 is 0 Å². The number of hydrogen-bond acceptors (Lipinski definition) is 3. The van der Waals surface area contributed by atoms with Crippen LogP contribution in [0.15, 0.2) is 12.2 Å². The van der Waals surface area contributed by atoms with Crippen molar-refractivity contribution in [1.29, 1.82) is 0 Å². The SMILES string of the molecule is C=C1CCC[C@@]2(C)C[C@@H]3OC(=O)[C@@H](CN(CC)CC)[C@H]3C[C@H]12. The zero-order chi connectivity index (χ0) is 15.9. The van der Waals surface area contributed by atoms with E-state index in [-0.39, 0.29) is 18.0 Å². The second-order valence-electron chi connectivity index (χ2n) is 7.89. The molecule has 22 heavy (non-hydrogen) atoms. The minimum Gasteiger partial charge on any atom is -0.462 e. The quantitative estimate of drug-likeness (QED) is 0.586. The van der Waals surface area contributed by atoms with Crippen LogP contribution in [0.1, 0.15) is 52.9 Å². The van der Waals surface area contributed by atoms with E-state index in [9.17, 15) is 4.79 Å². The van der Waals surface area contributed by atoms with Gasteiger partial charge in [-0.3, -0.25) is 4.79 Å². The van der Waals surface area contributed by atoms with Crippen LogP contribution >= 0.6 is 0 Å². The topological polar surface area (TPSA) is 29.5 Å². The van der Waals surface area contributed by atoms with Gasteiger partial charge in [0.05, 0.1) is 5.92 Å². The molecular weight excluding hydrogens is 274 g/mol. The van der Waals surface area contributed by atoms with Crippen molar-refractivity contribution < 1.29 is 9.53 Å². The van der Waals surface area contributed by atoms with Crippen LogP contribution in [0, 0.1) is 23.2 Å². The van der Waals surface area contributed by atoms with Gasteiger partial charge in [0.25, 0.3) is 0 Å². The van der Waals surface area contributed by atoms with Gasteiger partial charge in [0, 0.05) is 12.5 Å². The molecular formula is C19H31NO2. The fourth-order valence-electron chi connectivity index (χ4n) is 5.22. The van der Waals surface area contributed by atoms with Gasteiger partial charge in [0.15, 0.2) is 0 Å². The molecule has 0 radical (unpaired) electrons. The molecule has 5 atom stereocenters. The van der Waals surface area contributed by atoms with E-state index in [2.05, 4.69) is 32.3 Å². The number of fused-ring (bicyclic) bond motifs is 2. The normalized spacial score (nSPS) is 41.3. The zero-order valence-electron chi connectivity index (χ0n) is 14.4. The van der Waals surface area contributed by atoms with E-state index in [4.69, 9.17) is 4.74 Å². The second-order valence-corrected chi connectivity index (χ2v) is 7.89. The van der Waals surface area contributed by atoms with Crippen molar-refractivity contribution in [2.45, 2.75) is 59.0 Å². The third kappa shape index (κ3) is 2.62. The Balaban J connectivity index is 1.78. The van der Waals surface area contributed by atoms with Crippen molar-refractivity contribution in [1.82, 2.24) is 4.90 Å². The molecule has 1 saturated heterocycles. The van der Waals surface area contributed by atoms with Gasteiger partial charge in [0.1, 0.15) is 6.10 Å². The number of ether oxygens (including phenoxy) is 1. The lowest BCUT2D eigenvalue weighted by Gasteiger charge is -2.50. The Kier molecular flexibility index (Phi) is 4.37. The summed E-state index contributed by atoms with van der Waals surface area (Å²) in [7, 11) is 0.